The Morgan fingerprint density at radius 3 is 2.70 bits per heavy atom. The van der Waals surface area contributed by atoms with E-state index in [0.717, 1.165) is 27.4 Å². The predicted octanol–water partition coefficient (Wildman–Crippen LogP) is 3.99. The van der Waals surface area contributed by atoms with Crippen molar-refractivity contribution in [1.82, 2.24) is 15.6 Å². The minimum atomic E-state index is -0.129. The van der Waals surface area contributed by atoms with Crippen molar-refractivity contribution in [3.05, 3.63) is 32.8 Å². The van der Waals surface area contributed by atoms with Gasteiger partial charge in [-0.15, -0.1) is 0 Å². The van der Waals surface area contributed by atoms with E-state index in [9.17, 15) is 4.79 Å². The van der Waals surface area contributed by atoms with E-state index in [1.54, 1.807) is 0 Å². The van der Waals surface area contributed by atoms with Crippen LogP contribution in [0.5, 0.6) is 0 Å². The van der Waals surface area contributed by atoms with E-state index in [1.807, 2.05) is 19.2 Å². The van der Waals surface area contributed by atoms with E-state index >= 15 is 0 Å². The molecular formula is C17H23Br2N3O. The van der Waals surface area contributed by atoms with Gasteiger partial charge in [-0.25, -0.2) is 0 Å². The first-order valence-corrected chi connectivity index (χ1v) is 9.41. The molecule has 23 heavy (non-hydrogen) atoms. The number of carbonyl (C=O) groups excluding carboxylic acids is 1. The standard InChI is InChI=1S/C17H23Br2N3O/c1-10(2)8-15(20-3)17(23)21-7-6-12-13-9-11(18)4-5-14(13)22-16(12)19/h4-5,9-10,15,20,22H,6-8H2,1-3H3,(H,21,23). The molecule has 1 aromatic heterocycles. The summed E-state index contributed by atoms with van der Waals surface area (Å²) < 4.78 is 2.03. The van der Waals surface area contributed by atoms with E-state index in [4.69, 9.17) is 0 Å². The first-order chi connectivity index (χ1) is 10.9. The van der Waals surface area contributed by atoms with Gasteiger partial charge in [0.1, 0.15) is 0 Å². The molecule has 0 bridgehead atoms. The summed E-state index contributed by atoms with van der Waals surface area (Å²) in [6.07, 6.45) is 1.62. The van der Waals surface area contributed by atoms with Gasteiger partial charge in [0, 0.05) is 21.9 Å². The second-order valence-electron chi connectivity index (χ2n) is 6.12. The van der Waals surface area contributed by atoms with Crippen LogP contribution in [0.15, 0.2) is 27.3 Å². The monoisotopic (exact) mass is 443 g/mol. The van der Waals surface area contributed by atoms with Crippen LogP contribution in [0.25, 0.3) is 10.9 Å². The molecule has 0 saturated carbocycles. The van der Waals surface area contributed by atoms with E-state index in [1.165, 1.54) is 10.9 Å². The van der Waals surface area contributed by atoms with Gasteiger partial charge in [-0.05, 0) is 65.5 Å². The van der Waals surface area contributed by atoms with Crippen molar-refractivity contribution in [1.29, 1.82) is 0 Å². The normalized spacial score (nSPS) is 12.8. The van der Waals surface area contributed by atoms with Gasteiger partial charge in [0.15, 0.2) is 0 Å². The molecule has 1 aromatic carbocycles. The zero-order chi connectivity index (χ0) is 17.0. The first-order valence-electron chi connectivity index (χ1n) is 7.83. The van der Waals surface area contributed by atoms with Crippen molar-refractivity contribution in [2.75, 3.05) is 13.6 Å². The van der Waals surface area contributed by atoms with E-state index in [-0.39, 0.29) is 11.9 Å². The zero-order valence-corrected chi connectivity index (χ0v) is 16.8. The quantitative estimate of drug-likeness (QED) is 0.604. The van der Waals surface area contributed by atoms with E-state index in [0.29, 0.717) is 12.5 Å². The molecule has 1 unspecified atom stereocenters. The second kappa shape index (κ2) is 8.31. The lowest BCUT2D eigenvalue weighted by Gasteiger charge is -2.17. The highest BCUT2D eigenvalue weighted by atomic mass is 79.9. The van der Waals surface area contributed by atoms with Crippen molar-refractivity contribution in [3.8, 4) is 0 Å². The fourth-order valence-corrected chi connectivity index (χ4v) is 3.68. The van der Waals surface area contributed by atoms with Crippen molar-refractivity contribution in [2.24, 2.45) is 5.92 Å². The highest BCUT2D eigenvalue weighted by molar-refractivity contribution is 9.10. The van der Waals surface area contributed by atoms with Crippen molar-refractivity contribution < 1.29 is 4.79 Å². The Morgan fingerprint density at radius 1 is 1.30 bits per heavy atom. The molecule has 1 atom stereocenters. The number of rotatable bonds is 7. The average molecular weight is 445 g/mol. The number of carbonyl (C=O) groups is 1. The van der Waals surface area contributed by atoms with Gasteiger partial charge < -0.3 is 15.6 Å². The van der Waals surface area contributed by atoms with Crippen molar-refractivity contribution >= 4 is 48.7 Å². The predicted molar refractivity (Wildman–Crippen MR) is 103 cm³/mol. The Balaban J connectivity index is 2.00. The van der Waals surface area contributed by atoms with E-state index in [2.05, 4.69) is 67.4 Å². The number of nitrogens with one attached hydrogen (secondary N) is 3. The summed E-state index contributed by atoms with van der Waals surface area (Å²) in [5.74, 6) is 0.552. The topological polar surface area (TPSA) is 56.9 Å². The Morgan fingerprint density at radius 2 is 2.04 bits per heavy atom. The molecule has 4 nitrogen and oxygen atoms in total. The smallest absolute Gasteiger partial charge is 0.237 e. The number of aromatic amines is 1. The van der Waals surface area contributed by atoms with Gasteiger partial charge in [0.2, 0.25) is 5.91 Å². The van der Waals surface area contributed by atoms with Gasteiger partial charge in [-0.1, -0.05) is 29.8 Å². The van der Waals surface area contributed by atoms with Gasteiger partial charge >= 0.3 is 0 Å². The molecule has 1 amide bonds. The van der Waals surface area contributed by atoms with Crippen LogP contribution in [0.4, 0.5) is 0 Å². The third kappa shape index (κ3) is 4.81. The van der Waals surface area contributed by atoms with Gasteiger partial charge in [0.05, 0.1) is 10.6 Å². The average Bonchev–Trinajstić information content (AvgIpc) is 2.80. The Labute approximate surface area is 154 Å². The molecule has 6 heteroatoms. The fraction of sp³-hybridized carbons (Fsp3) is 0.471. The fourth-order valence-electron chi connectivity index (χ4n) is 2.69. The number of H-pyrrole nitrogens is 1. The van der Waals surface area contributed by atoms with Crippen LogP contribution >= 0.6 is 31.9 Å². The third-order valence-corrected chi connectivity index (χ3v) is 5.03. The van der Waals surface area contributed by atoms with Crippen molar-refractivity contribution in [3.63, 3.8) is 0 Å². The summed E-state index contributed by atoms with van der Waals surface area (Å²) in [5, 5.41) is 7.30. The highest BCUT2D eigenvalue weighted by Crippen LogP contribution is 2.29. The summed E-state index contributed by atoms with van der Waals surface area (Å²) in [6.45, 7) is 4.87. The largest absolute Gasteiger partial charge is 0.354 e. The van der Waals surface area contributed by atoms with Crippen LogP contribution in [-0.4, -0.2) is 30.5 Å². The number of aromatic nitrogens is 1. The second-order valence-corrected chi connectivity index (χ2v) is 7.83. The van der Waals surface area contributed by atoms with Crippen LogP contribution < -0.4 is 10.6 Å². The lowest BCUT2D eigenvalue weighted by molar-refractivity contribution is -0.123. The van der Waals surface area contributed by atoms with Crippen LogP contribution in [0.3, 0.4) is 0 Å². The number of benzene rings is 1. The number of likely N-dealkylation sites (N-methyl/N-ethyl adjacent to an activating group) is 1. The maximum absolute atomic E-state index is 12.2. The Hall–Kier alpha value is -0.850. The molecule has 1 heterocycles. The number of fused-ring (bicyclic) bond motifs is 1. The number of halogens is 2. The molecule has 0 aliphatic rings. The molecule has 0 saturated heterocycles. The molecule has 0 spiro atoms. The minimum Gasteiger partial charge on any atom is -0.354 e. The van der Waals surface area contributed by atoms with Crippen LogP contribution in [0.1, 0.15) is 25.8 Å². The maximum atomic E-state index is 12.2. The minimum absolute atomic E-state index is 0.0679. The Kier molecular flexibility index (Phi) is 6.68. The summed E-state index contributed by atoms with van der Waals surface area (Å²) in [4.78, 5) is 15.6. The van der Waals surface area contributed by atoms with Gasteiger partial charge in [-0.2, -0.15) is 0 Å². The molecule has 2 aromatic rings. The number of hydrogen-bond acceptors (Lipinski definition) is 2. The SMILES string of the molecule is CNC(CC(C)C)C(=O)NCCc1c(Br)[nH]c2ccc(Br)cc12. The molecule has 0 aliphatic carbocycles. The first kappa shape index (κ1) is 18.5. The van der Waals surface area contributed by atoms with E-state index < -0.39 is 0 Å². The molecule has 3 N–H and O–H groups in total. The maximum Gasteiger partial charge on any atom is 0.237 e. The zero-order valence-electron chi connectivity index (χ0n) is 13.7. The molecule has 126 valence electrons. The highest BCUT2D eigenvalue weighted by Gasteiger charge is 2.17. The Bertz CT molecular complexity index is 682. The molecule has 0 fully saturated rings. The lowest BCUT2D eigenvalue weighted by atomic mass is 10.0. The number of hydrogen-bond donors (Lipinski definition) is 3. The molecule has 0 aliphatic heterocycles. The van der Waals surface area contributed by atoms with Gasteiger partial charge in [-0.3, -0.25) is 4.79 Å². The molecule has 2 rings (SSSR count). The van der Waals surface area contributed by atoms with Crippen LogP contribution in [0.2, 0.25) is 0 Å². The van der Waals surface area contributed by atoms with Crippen molar-refractivity contribution in [2.45, 2.75) is 32.7 Å². The summed E-state index contributed by atoms with van der Waals surface area (Å²) in [7, 11) is 1.83. The lowest BCUT2D eigenvalue weighted by Crippen LogP contribution is -2.43. The molecule has 0 radical (unpaired) electrons. The van der Waals surface area contributed by atoms with Gasteiger partial charge in [0.25, 0.3) is 0 Å². The number of amides is 1. The molecular weight excluding hydrogens is 422 g/mol. The van der Waals surface area contributed by atoms with Crippen LogP contribution in [-0.2, 0) is 11.2 Å². The third-order valence-electron chi connectivity index (χ3n) is 3.86. The summed E-state index contributed by atoms with van der Waals surface area (Å²) in [6, 6.07) is 6.03. The summed E-state index contributed by atoms with van der Waals surface area (Å²) >= 11 is 7.09. The van der Waals surface area contributed by atoms with Crippen LogP contribution in [0, 0.1) is 5.92 Å². The summed E-state index contributed by atoms with van der Waals surface area (Å²) in [5.41, 5.74) is 2.28.